The number of fused-ring (bicyclic) bond motifs is 3. The molecule has 6 heterocycles. The van der Waals surface area contributed by atoms with Crippen LogP contribution < -0.4 is 0 Å². The van der Waals surface area contributed by atoms with Crippen LogP contribution in [0.25, 0.3) is 61.8 Å². The summed E-state index contributed by atoms with van der Waals surface area (Å²) < 4.78 is 6.46. The summed E-state index contributed by atoms with van der Waals surface area (Å²) in [4.78, 5) is 22.8. The molecular formula is C33H22N8. The van der Waals surface area contributed by atoms with Crippen LogP contribution in [0.3, 0.4) is 0 Å². The second-order valence-electron chi connectivity index (χ2n) is 9.66. The molecule has 0 amide bonds. The van der Waals surface area contributed by atoms with Gasteiger partial charge in [0.1, 0.15) is 11.6 Å². The van der Waals surface area contributed by atoms with Gasteiger partial charge in [0.25, 0.3) is 0 Å². The van der Waals surface area contributed by atoms with E-state index >= 15 is 0 Å². The van der Waals surface area contributed by atoms with Crippen LogP contribution in [0.1, 0.15) is 0 Å². The molecule has 0 fully saturated rings. The average molecular weight is 531 g/mol. The molecule has 0 saturated carbocycles. The van der Waals surface area contributed by atoms with Crippen LogP contribution in [0.15, 0.2) is 135 Å². The molecule has 0 saturated heterocycles. The van der Waals surface area contributed by atoms with Gasteiger partial charge in [-0.05, 0) is 60.7 Å². The van der Waals surface area contributed by atoms with Crippen molar-refractivity contribution in [2.45, 2.75) is 0 Å². The number of hydrogen-bond acceptors (Lipinski definition) is 5. The third-order valence-electron chi connectivity index (χ3n) is 7.25. The minimum absolute atomic E-state index is 0.809. The van der Waals surface area contributed by atoms with Crippen LogP contribution in [0, 0.1) is 0 Å². The lowest BCUT2D eigenvalue weighted by molar-refractivity contribution is 1.02. The van der Waals surface area contributed by atoms with Crippen LogP contribution in [-0.2, 0) is 0 Å². The first kappa shape index (κ1) is 23.0. The lowest BCUT2D eigenvalue weighted by Gasteiger charge is -2.16. The molecular weight excluding hydrogens is 508 g/mol. The zero-order chi connectivity index (χ0) is 27.2. The summed E-state index contributed by atoms with van der Waals surface area (Å²) in [5.74, 6) is 1.62. The van der Waals surface area contributed by atoms with E-state index in [9.17, 15) is 0 Å². The van der Waals surface area contributed by atoms with Crippen molar-refractivity contribution in [2.75, 3.05) is 0 Å². The fourth-order valence-corrected chi connectivity index (χ4v) is 5.49. The molecule has 0 unspecified atom stereocenters. The largest absolute Gasteiger partial charge is 0.307 e. The van der Waals surface area contributed by atoms with Crippen molar-refractivity contribution in [1.82, 2.24) is 38.6 Å². The topological polar surface area (TPSA) is 79.2 Å². The molecule has 0 atom stereocenters. The van der Waals surface area contributed by atoms with Crippen molar-refractivity contribution in [1.29, 1.82) is 0 Å². The van der Waals surface area contributed by atoms with Crippen LogP contribution >= 0.6 is 0 Å². The normalized spacial score (nSPS) is 11.4. The van der Waals surface area contributed by atoms with E-state index in [-0.39, 0.29) is 0 Å². The molecule has 6 aromatic heterocycles. The number of imidazole rings is 2. The number of pyridine rings is 3. The number of hydrogen-bond donors (Lipinski definition) is 0. The fourth-order valence-electron chi connectivity index (χ4n) is 5.49. The second kappa shape index (κ2) is 9.39. The Bertz CT molecular complexity index is 2010. The number of para-hydroxylation sites is 1. The van der Waals surface area contributed by atoms with Crippen molar-refractivity contribution >= 4 is 21.9 Å². The van der Waals surface area contributed by atoms with Crippen molar-refractivity contribution in [3.63, 3.8) is 0 Å². The lowest BCUT2D eigenvalue weighted by atomic mass is 10.2. The van der Waals surface area contributed by atoms with Gasteiger partial charge >= 0.3 is 0 Å². The van der Waals surface area contributed by atoms with Gasteiger partial charge in [-0.25, -0.2) is 9.97 Å². The van der Waals surface area contributed by atoms with Crippen LogP contribution in [0.4, 0.5) is 0 Å². The Morgan fingerprint density at radius 1 is 0.488 bits per heavy atom. The van der Waals surface area contributed by atoms with E-state index in [1.54, 1.807) is 12.4 Å². The quantitative estimate of drug-likeness (QED) is 0.248. The van der Waals surface area contributed by atoms with Gasteiger partial charge in [0.2, 0.25) is 0 Å². The highest BCUT2D eigenvalue weighted by Gasteiger charge is 2.17. The smallest absolute Gasteiger partial charge is 0.146 e. The van der Waals surface area contributed by atoms with E-state index in [0.717, 1.165) is 61.8 Å². The second-order valence-corrected chi connectivity index (χ2v) is 9.66. The minimum Gasteiger partial charge on any atom is -0.307 e. The zero-order valence-electron chi connectivity index (χ0n) is 21.8. The number of rotatable bonds is 5. The Morgan fingerprint density at radius 3 is 1.71 bits per heavy atom. The summed E-state index contributed by atoms with van der Waals surface area (Å²) in [5.41, 5.74) is 7.85. The number of aromatic nitrogens is 8. The molecule has 0 aliphatic rings. The van der Waals surface area contributed by atoms with E-state index in [2.05, 4.69) is 72.2 Å². The molecule has 0 spiro atoms. The summed E-state index contributed by atoms with van der Waals surface area (Å²) >= 11 is 0. The monoisotopic (exact) mass is 530 g/mol. The molecule has 8 aromatic rings. The third-order valence-corrected chi connectivity index (χ3v) is 7.25. The van der Waals surface area contributed by atoms with E-state index in [1.807, 2.05) is 73.7 Å². The van der Waals surface area contributed by atoms with Gasteiger partial charge in [-0.1, -0.05) is 18.2 Å². The predicted molar refractivity (Wildman–Crippen MR) is 159 cm³/mol. The fraction of sp³-hybridized carbons (Fsp3) is 0. The molecule has 0 aliphatic heterocycles. The van der Waals surface area contributed by atoms with Gasteiger partial charge in [0.15, 0.2) is 0 Å². The number of benzene rings is 2. The highest BCUT2D eigenvalue weighted by Crippen LogP contribution is 2.34. The maximum absolute atomic E-state index is 4.74. The Labute approximate surface area is 234 Å². The molecule has 8 rings (SSSR count). The maximum atomic E-state index is 4.74. The first-order valence-electron chi connectivity index (χ1n) is 13.2. The van der Waals surface area contributed by atoms with Crippen LogP contribution in [0.2, 0.25) is 0 Å². The molecule has 0 N–H and O–H groups in total. The first-order chi connectivity index (χ1) is 20.3. The predicted octanol–water partition coefficient (Wildman–Crippen LogP) is 6.67. The molecule has 0 radical (unpaired) electrons. The Balaban J connectivity index is 1.42. The summed E-state index contributed by atoms with van der Waals surface area (Å²) in [5, 5.41) is 1.10. The summed E-state index contributed by atoms with van der Waals surface area (Å²) in [7, 11) is 0. The summed E-state index contributed by atoms with van der Waals surface area (Å²) in [6.07, 6.45) is 16.6. The number of nitrogens with zero attached hydrogens (tertiary/aromatic N) is 8. The minimum atomic E-state index is 0.809. The van der Waals surface area contributed by atoms with Crippen LogP contribution in [0.5, 0.6) is 0 Å². The first-order valence-corrected chi connectivity index (χ1v) is 13.2. The summed E-state index contributed by atoms with van der Waals surface area (Å²) in [6, 6.07) is 26.9. The van der Waals surface area contributed by atoms with Crippen LogP contribution in [-0.4, -0.2) is 38.6 Å². The lowest BCUT2D eigenvalue weighted by Crippen LogP contribution is -2.04. The van der Waals surface area contributed by atoms with Crippen molar-refractivity contribution in [3.05, 3.63) is 135 Å². The van der Waals surface area contributed by atoms with Gasteiger partial charge in [-0.3, -0.25) is 24.1 Å². The molecule has 0 bridgehead atoms. The van der Waals surface area contributed by atoms with E-state index in [4.69, 9.17) is 15.0 Å². The van der Waals surface area contributed by atoms with Gasteiger partial charge in [0.05, 0.1) is 33.6 Å². The van der Waals surface area contributed by atoms with Gasteiger partial charge in [0, 0.05) is 72.3 Å². The van der Waals surface area contributed by atoms with E-state index in [0.29, 0.717) is 0 Å². The molecule has 2 aromatic carbocycles. The summed E-state index contributed by atoms with van der Waals surface area (Å²) in [6.45, 7) is 0. The Morgan fingerprint density at radius 2 is 1.07 bits per heavy atom. The molecule has 8 heteroatoms. The standard InChI is InChI=1S/C33H22N8/c1-2-9-29-28(8-1)31-30(10-5-13-36-31)41(29)27-19-25(39-16-14-37-32(39)23-6-3-11-34-21-23)18-26(20-27)40-17-15-38-33(40)24-7-4-12-35-22-24/h1-22H. The van der Waals surface area contributed by atoms with Crippen molar-refractivity contribution in [2.24, 2.45) is 0 Å². The third kappa shape index (κ3) is 3.81. The highest BCUT2D eigenvalue weighted by atomic mass is 15.1. The van der Waals surface area contributed by atoms with Gasteiger partial charge in [-0.15, -0.1) is 0 Å². The van der Waals surface area contributed by atoms with Crippen molar-refractivity contribution < 1.29 is 0 Å². The maximum Gasteiger partial charge on any atom is 0.146 e. The molecule has 194 valence electrons. The average Bonchev–Trinajstić information content (AvgIpc) is 3.80. The van der Waals surface area contributed by atoms with E-state index < -0.39 is 0 Å². The molecule has 0 aliphatic carbocycles. The Hall–Kier alpha value is -5.89. The van der Waals surface area contributed by atoms with Crippen molar-refractivity contribution in [3.8, 4) is 39.8 Å². The SMILES string of the molecule is c1cncc(-c2nccn2-c2cc(-n3ccnc3-c3cccnc3)cc(-n3c4ccccc4c4ncccc43)c2)c1. The molecule has 8 nitrogen and oxygen atoms in total. The molecule has 41 heavy (non-hydrogen) atoms. The Kier molecular flexibility index (Phi) is 5.28. The highest BCUT2D eigenvalue weighted by molar-refractivity contribution is 6.07. The van der Waals surface area contributed by atoms with Gasteiger partial charge in [-0.2, -0.15) is 0 Å². The zero-order valence-corrected chi connectivity index (χ0v) is 21.8. The van der Waals surface area contributed by atoms with Gasteiger partial charge < -0.3 is 4.57 Å². The van der Waals surface area contributed by atoms with E-state index in [1.165, 1.54) is 0 Å².